The van der Waals surface area contributed by atoms with Crippen LogP contribution in [0.3, 0.4) is 0 Å². The van der Waals surface area contributed by atoms with E-state index in [4.69, 9.17) is 32.7 Å². The highest BCUT2D eigenvalue weighted by Crippen LogP contribution is 2.29. The number of rotatable bonds is 6. The largest absolute Gasteiger partial charge is 0.493 e. The van der Waals surface area contributed by atoms with Crippen molar-refractivity contribution in [3.05, 3.63) is 57.6 Å². The third-order valence-corrected chi connectivity index (χ3v) is 4.06. The second-order valence-electron chi connectivity index (χ2n) is 4.96. The van der Waals surface area contributed by atoms with E-state index >= 15 is 0 Å². The van der Waals surface area contributed by atoms with Gasteiger partial charge in [-0.3, -0.25) is 0 Å². The van der Waals surface area contributed by atoms with E-state index in [1.54, 1.807) is 20.3 Å². The fourth-order valence-electron chi connectivity index (χ4n) is 2.22. The molecule has 0 aliphatic heterocycles. The molecular formula is C17H19Cl2NO2. The van der Waals surface area contributed by atoms with Crippen molar-refractivity contribution in [1.29, 1.82) is 0 Å². The van der Waals surface area contributed by atoms with E-state index in [0.717, 1.165) is 22.6 Å². The number of benzene rings is 2. The summed E-state index contributed by atoms with van der Waals surface area (Å²) in [5.41, 5.74) is 2.08. The van der Waals surface area contributed by atoms with Gasteiger partial charge in [0.25, 0.3) is 0 Å². The first kappa shape index (κ1) is 16.9. The van der Waals surface area contributed by atoms with Crippen LogP contribution in [0.1, 0.15) is 24.1 Å². The molecule has 3 nitrogen and oxygen atoms in total. The van der Waals surface area contributed by atoms with Gasteiger partial charge in [0.15, 0.2) is 11.5 Å². The first-order chi connectivity index (χ1) is 10.5. The van der Waals surface area contributed by atoms with Crippen LogP contribution >= 0.6 is 23.2 Å². The second-order valence-corrected chi connectivity index (χ2v) is 5.80. The predicted molar refractivity (Wildman–Crippen MR) is 91.3 cm³/mol. The Morgan fingerprint density at radius 3 is 2.41 bits per heavy atom. The number of hydrogen-bond acceptors (Lipinski definition) is 3. The fourth-order valence-corrected chi connectivity index (χ4v) is 2.68. The van der Waals surface area contributed by atoms with Crippen LogP contribution in [-0.4, -0.2) is 14.2 Å². The molecule has 5 heteroatoms. The van der Waals surface area contributed by atoms with E-state index in [2.05, 4.69) is 12.2 Å². The van der Waals surface area contributed by atoms with Gasteiger partial charge >= 0.3 is 0 Å². The van der Waals surface area contributed by atoms with Crippen LogP contribution in [0.4, 0.5) is 0 Å². The normalized spacial score (nSPS) is 12.0. The van der Waals surface area contributed by atoms with Crippen molar-refractivity contribution >= 4 is 23.2 Å². The first-order valence-corrected chi connectivity index (χ1v) is 7.70. The maximum Gasteiger partial charge on any atom is 0.161 e. The van der Waals surface area contributed by atoms with Gasteiger partial charge in [-0.1, -0.05) is 29.3 Å². The Labute approximate surface area is 141 Å². The summed E-state index contributed by atoms with van der Waals surface area (Å²) in [5.74, 6) is 1.44. The zero-order valence-corrected chi connectivity index (χ0v) is 14.3. The molecule has 118 valence electrons. The van der Waals surface area contributed by atoms with Gasteiger partial charge in [0.2, 0.25) is 0 Å². The van der Waals surface area contributed by atoms with E-state index in [1.807, 2.05) is 30.3 Å². The van der Waals surface area contributed by atoms with Gasteiger partial charge in [0, 0.05) is 22.6 Å². The van der Waals surface area contributed by atoms with Crippen molar-refractivity contribution in [3.8, 4) is 11.5 Å². The minimum Gasteiger partial charge on any atom is -0.493 e. The molecule has 0 aromatic heterocycles. The molecule has 1 unspecified atom stereocenters. The van der Waals surface area contributed by atoms with Crippen molar-refractivity contribution in [2.75, 3.05) is 14.2 Å². The number of hydrogen-bond donors (Lipinski definition) is 1. The van der Waals surface area contributed by atoms with Gasteiger partial charge in [0.05, 0.1) is 14.2 Å². The number of halogens is 2. The highest BCUT2D eigenvalue weighted by molar-refractivity contribution is 6.33. The quantitative estimate of drug-likeness (QED) is 0.814. The van der Waals surface area contributed by atoms with Crippen LogP contribution in [0, 0.1) is 0 Å². The summed E-state index contributed by atoms with van der Waals surface area (Å²) in [6, 6.07) is 11.4. The van der Waals surface area contributed by atoms with Crippen LogP contribution < -0.4 is 14.8 Å². The Morgan fingerprint density at radius 2 is 1.73 bits per heavy atom. The molecule has 0 aliphatic rings. The summed E-state index contributed by atoms with van der Waals surface area (Å²) in [6.45, 7) is 2.74. The lowest BCUT2D eigenvalue weighted by molar-refractivity contribution is 0.354. The minimum absolute atomic E-state index is 0.0827. The van der Waals surface area contributed by atoms with Gasteiger partial charge in [-0.15, -0.1) is 0 Å². The van der Waals surface area contributed by atoms with Crippen LogP contribution in [0.5, 0.6) is 11.5 Å². The summed E-state index contributed by atoms with van der Waals surface area (Å²) in [5, 5.41) is 4.82. The summed E-state index contributed by atoms with van der Waals surface area (Å²) in [6.07, 6.45) is 0. The van der Waals surface area contributed by atoms with Crippen LogP contribution in [-0.2, 0) is 6.54 Å². The van der Waals surface area contributed by atoms with Gasteiger partial charge in [0.1, 0.15) is 0 Å². The Morgan fingerprint density at radius 1 is 1.00 bits per heavy atom. The molecule has 0 aliphatic carbocycles. The van der Waals surface area contributed by atoms with Crippen molar-refractivity contribution in [2.45, 2.75) is 19.5 Å². The molecule has 2 aromatic rings. The average Bonchev–Trinajstić information content (AvgIpc) is 2.54. The van der Waals surface area contributed by atoms with Gasteiger partial charge in [-0.25, -0.2) is 0 Å². The van der Waals surface area contributed by atoms with Crippen LogP contribution in [0.15, 0.2) is 36.4 Å². The molecule has 1 atom stereocenters. The lowest BCUT2D eigenvalue weighted by Crippen LogP contribution is -2.18. The Kier molecular flexibility index (Phi) is 5.95. The molecule has 1 N–H and O–H groups in total. The van der Waals surface area contributed by atoms with Crippen LogP contribution in [0.2, 0.25) is 10.0 Å². The monoisotopic (exact) mass is 339 g/mol. The summed E-state index contributed by atoms with van der Waals surface area (Å²) in [7, 11) is 3.25. The molecule has 0 fully saturated rings. The first-order valence-electron chi connectivity index (χ1n) is 6.94. The summed E-state index contributed by atoms with van der Waals surface area (Å²) < 4.78 is 10.5. The lowest BCUT2D eigenvalue weighted by Gasteiger charge is -2.17. The van der Waals surface area contributed by atoms with Crippen molar-refractivity contribution in [2.24, 2.45) is 0 Å². The molecule has 22 heavy (non-hydrogen) atoms. The maximum atomic E-state index is 6.22. The highest BCUT2D eigenvalue weighted by Gasteiger charge is 2.11. The van der Waals surface area contributed by atoms with Crippen LogP contribution in [0.25, 0.3) is 0 Å². The molecule has 0 spiro atoms. The topological polar surface area (TPSA) is 30.5 Å². The zero-order valence-electron chi connectivity index (χ0n) is 12.8. The summed E-state index contributed by atoms with van der Waals surface area (Å²) >= 11 is 12.3. The van der Waals surface area contributed by atoms with E-state index in [0.29, 0.717) is 16.6 Å². The second kappa shape index (κ2) is 7.73. The van der Waals surface area contributed by atoms with E-state index in [1.165, 1.54) is 0 Å². The standard InChI is InChI=1S/C17H19Cl2NO2/c1-11(14-9-13(18)5-6-15(14)19)20-10-12-4-7-16(21-2)17(8-12)22-3/h4-9,11,20H,10H2,1-3H3. The predicted octanol–water partition coefficient (Wildman–Crippen LogP) is 4.86. The van der Waals surface area contributed by atoms with Crippen molar-refractivity contribution in [1.82, 2.24) is 5.32 Å². The maximum absolute atomic E-state index is 6.22. The molecule has 0 bridgehead atoms. The molecule has 2 aromatic carbocycles. The molecule has 0 heterocycles. The molecule has 2 rings (SSSR count). The lowest BCUT2D eigenvalue weighted by atomic mass is 10.1. The Hall–Kier alpha value is -1.42. The molecule has 0 saturated heterocycles. The third kappa shape index (κ3) is 4.07. The van der Waals surface area contributed by atoms with Gasteiger partial charge < -0.3 is 14.8 Å². The van der Waals surface area contributed by atoms with Crippen molar-refractivity contribution < 1.29 is 9.47 Å². The third-order valence-electron chi connectivity index (χ3n) is 3.48. The zero-order chi connectivity index (χ0) is 16.1. The Bertz CT molecular complexity index is 647. The fraction of sp³-hybridized carbons (Fsp3) is 0.294. The molecular weight excluding hydrogens is 321 g/mol. The van der Waals surface area contributed by atoms with E-state index in [9.17, 15) is 0 Å². The SMILES string of the molecule is COc1ccc(CNC(C)c2cc(Cl)ccc2Cl)cc1OC. The van der Waals surface area contributed by atoms with Gasteiger partial charge in [-0.05, 0) is 48.4 Å². The minimum atomic E-state index is 0.0827. The number of ether oxygens (including phenoxy) is 2. The summed E-state index contributed by atoms with van der Waals surface area (Å²) in [4.78, 5) is 0. The molecule has 0 amide bonds. The average molecular weight is 340 g/mol. The van der Waals surface area contributed by atoms with Crippen molar-refractivity contribution in [3.63, 3.8) is 0 Å². The Balaban J connectivity index is 2.07. The highest BCUT2D eigenvalue weighted by atomic mass is 35.5. The smallest absolute Gasteiger partial charge is 0.161 e. The number of methoxy groups -OCH3 is 2. The van der Waals surface area contributed by atoms with E-state index < -0.39 is 0 Å². The molecule has 0 radical (unpaired) electrons. The number of nitrogens with one attached hydrogen (secondary N) is 1. The molecule has 0 saturated carbocycles. The van der Waals surface area contributed by atoms with E-state index in [-0.39, 0.29) is 6.04 Å². The van der Waals surface area contributed by atoms with Gasteiger partial charge in [-0.2, -0.15) is 0 Å².